The van der Waals surface area contributed by atoms with Crippen LogP contribution in [-0.2, 0) is 34.0 Å². The molecule has 0 saturated carbocycles. The maximum absolute atomic E-state index is 13.3. The van der Waals surface area contributed by atoms with Crippen molar-refractivity contribution in [2.45, 2.75) is 56.1 Å². The minimum atomic E-state index is -4.49. The summed E-state index contributed by atoms with van der Waals surface area (Å²) in [5.74, 6) is 0.537. The monoisotopic (exact) mass is 536 g/mol. The van der Waals surface area contributed by atoms with Gasteiger partial charge in [-0.25, -0.2) is 13.6 Å². The number of benzene rings is 2. The fourth-order valence-electron chi connectivity index (χ4n) is 4.53. The fraction of sp³-hybridized carbons (Fsp3) is 0.417. The van der Waals surface area contributed by atoms with E-state index in [-0.39, 0.29) is 36.1 Å². The van der Waals surface area contributed by atoms with E-state index in [0.29, 0.717) is 30.0 Å². The first-order chi connectivity index (χ1) is 17.4. The van der Waals surface area contributed by atoms with E-state index >= 15 is 0 Å². The molecule has 2 heterocycles. The number of piperidine rings is 1. The first-order valence-electron chi connectivity index (χ1n) is 11.7. The number of hydrogen-bond acceptors (Lipinski definition) is 6. The van der Waals surface area contributed by atoms with Crippen molar-refractivity contribution < 1.29 is 26.4 Å². The highest BCUT2D eigenvalue weighted by atomic mass is 32.2. The van der Waals surface area contributed by atoms with Crippen molar-refractivity contribution in [3.63, 3.8) is 0 Å². The molecule has 0 atom stereocenters. The zero-order chi connectivity index (χ0) is 26.8. The molecule has 2 aromatic carbocycles. The molecule has 1 fully saturated rings. The summed E-state index contributed by atoms with van der Waals surface area (Å²) in [6.45, 7) is 2.74. The molecule has 1 saturated heterocycles. The van der Waals surface area contributed by atoms with E-state index in [9.17, 15) is 26.4 Å². The Balaban J connectivity index is 1.37. The van der Waals surface area contributed by atoms with Gasteiger partial charge in [-0.05, 0) is 78.3 Å². The molecule has 1 aromatic heterocycles. The largest absolute Gasteiger partial charge is 0.416 e. The number of alkyl halides is 3. The van der Waals surface area contributed by atoms with Crippen LogP contribution in [0.2, 0.25) is 0 Å². The van der Waals surface area contributed by atoms with Crippen LogP contribution in [0.1, 0.15) is 53.3 Å². The van der Waals surface area contributed by atoms with Crippen molar-refractivity contribution in [1.82, 2.24) is 25.1 Å². The molecule has 1 aliphatic heterocycles. The van der Waals surface area contributed by atoms with E-state index in [2.05, 4.69) is 15.4 Å². The summed E-state index contributed by atoms with van der Waals surface area (Å²) in [7, 11) is -3.75. The van der Waals surface area contributed by atoms with Crippen molar-refractivity contribution in [2.24, 2.45) is 5.14 Å². The van der Waals surface area contributed by atoms with E-state index in [1.807, 2.05) is 0 Å². The number of amides is 1. The number of tetrazole rings is 1. The molecule has 0 bridgehead atoms. The SMILES string of the molecule is Cc1nnn(Cc2cc(C(F)(F)F)ccc2CCC(=O)N2CCC(c3ccc(S(N)(=O)=O)cc3)CC2)n1. The third-order valence-corrected chi connectivity index (χ3v) is 7.46. The van der Waals surface area contributed by atoms with Gasteiger partial charge in [0.2, 0.25) is 15.9 Å². The van der Waals surface area contributed by atoms with Gasteiger partial charge in [0, 0.05) is 19.5 Å². The summed E-state index contributed by atoms with van der Waals surface area (Å²) in [5, 5.41) is 16.8. The lowest BCUT2D eigenvalue weighted by Gasteiger charge is -2.32. The summed E-state index contributed by atoms with van der Waals surface area (Å²) in [4.78, 5) is 15.9. The molecule has 0 aliphatic carbocycles. The second kappa shape index (κ2) is 10.6. The van der Waals surface area contributed by atoms with E-state index in [1.54, 1.807) is 24.0 Å². The van der Waals surface area contributed by atoms with E-state index in [4.69, 9.17) is 5.14 Å². The van der Waals surface area contributed by atoms with Crippen molar-refractivity contribution in [3.05, 3.63) is 70.5 Å². The Bertz CT molecular complexity index is 1370. The summed E-state index contributed by atoms with van der Waals surface area (Å²) < 4.78 is 62.7. The van der Waals surface area contributed by atoms with Gasteiger partial charge in [0.25, 0.3) is 0 Å². The standard InChI is InChI=1S/C24H27F3N6O3S/c1-16-29-31-33(30-16)15-20-14-21(24(25,26)27)6-2-18(20)5-9-23(34)32-12-10-19(11-13-32)17-3-7-22(8-4-17)37(28,35)36/h2-4,6-8,14,19H,5,9-13,15H2,1H3,(H2,28,35,36). The zero-order valence-electron chi connectivity index (χ0n) is 20.1. The van der Waals surface area contributed by atoms with Crippen molar-refractivity contribution in [3.8, 4) is 0 Å². The smallest absolute Gasteiger partial charge is 0.343 e. The normalized spacial score (nSPS) is 15.2. The molecular formula is C24H27F3N6O3S. The molecule has 9 nitrogen and oxygen atoms in total. The lowest BCUT2D eigenvalue weighted by Crippen LogP contribution is -2.38. The number of rotatable bonds is 7. The molecule has 1 aliphatic rings. The Morgan fingerprint density at radius 1 is 1.08 bits per heavy atom. The third kappa shape index (κ3) is 6.72. The number of nitrogens with zero attached hydrogens (tertiary/aromatic N) is 5. The number of sulfonamides is 1. The van der Waals surface area contributed by atoms with Crippen LogP contribution in [-0.4, -0.2) is 52.5 Å². The van der Waals surface area contributed by atoms with Gasteiger partial charge in [0.15, 0.2) is 5.82 Å². The van der Waals surface area contributed by atoms with Crippen molar-refractivity contribution in [1.29, 1.82) is 0 Å². The molecule has 13 heteroatoms. The van der Waals surface area contributed by atoms with Crippen LogP contribution in [0, 0.1) is 6.92 Å². The number of aryl methyl sites for hydroxylation is 2. The van der Waals surface area contributed by atoms with Crippen LogP contribution in [0.4, 0.5) is 13.2 Å². The molecule has 4 rings (SSSR count). The van der Waals surface area contributed by atoms with Gasteiger partial charge in [0.1, 0.15) is 0 Å². The predicted octanol–water partition coefficient (Wildman–Crippen LogP) is 3.03. The predicted molar refractivity (Wildman–Crippen MR) is 128 cm³/mol. The highest BCUT2D eigenvalue weighted by Crippen LogP contribution is 2.32. The van der Waals surface area contributed by atoms with E-state index < -0.39 is 21.8 Å². The first-order valence-corrected chi connectivity index (χ1v) is 13.3. The minimum Gasteiger partial charge on any atom is -0.343 e. The Hall–Kier alpha value is -3.32. The Morgan fingerprint density at radius 3 is 2.32 bits per heavy atom. The van der Waals surface area contributed by atoms with Gasteiger partial charge in [0.05, 0.1) is 17.0 Å². The van der Waals surface area contributed by atoms with Crippen LogP contribution >= 0.6 is 0 Å². The van der Waals surface area contributed by atoms with Gasteiger partial charge in [-0.2, -0.15) is 18.0 Å². The summed E-state index contributed by atoms with van der Waals surface area (Å²) >= 11 is 0. The first kappa shape index (κ1) is 26.7. The minimum absolute atomic E-state index is 0.0178. The van der Waals surface area contributed by atoms with Crippen LogP contribution in [0.25, 0.3) is 0 Å². The number of halogens is 3. The summed E-state index contributed by atoms with van der Waals surface area (Å²) in [5.41, 5.74) is 1.24. The fourth-order valence-corrected chi connectivity index (χ4v) is 5.04. The molecule has 1 amide bonds. The van der Waals surface area contributed by atoms with Crippen molar-refractivity contribution in [2.75, 3.05) is 13.1 Å². The Labute approximate surface area is 212 Å². The maximum atomic E-state index is 13.3. The van der Waals surface area contributed by atoms with Crippen LogP contribution in [0.5, 0.6) is 0 Å². The van der Waals surface area contributed by atoms with Gasteiger partial charge in [-0.3, -0.25) is 4.79 Å². The second-order valence-corrected chi connectivity index (χ2v) is 10.7. The van der Waals surface area contributed by atoms with Crippen molar-refractivity contribution >= 4 is 15.9 Å². The average molecular weight is 537 g/mol. The quantitative estimate of drug-likeness (QED) is 0.495. The van der Waals surface area contributed by atoms with Gasteiger partial charge in [-0.1, -0.05) is 18.2 Å². The third-order valence-electron chi connectivity index (χ3n) is 6.53. The lowest BCUT2D eigenvalue weighted by atomic mass is 9.89. The maximum Gasteiger partial charge on any atom is 0.416 e. The lowest BCUT2D eigenvalue weighted by molar-refractivity contribution is -0.137. The number of primary sulfonamides is 1. The van der Waals surface area contributed by atoms with Gasteiger partial charge < -0.3 is 4.90 Å². The number of carbonyl (C=O) groups excluding carboxylic acids is 1. The molecule has 0 spiro atoms. The summed E-state index contributed by atoms with van der Waals surface area (Å²) in [6, 6.07) is 9.98. The van der Waals surface area contributed by atoms with Crippen LogP contribution in [0.15, 0.2) is 47.4 Å². The number of aromatic nitrogens is 4. The molecule has 2 N–H and O–H groups in total. The summed E-state index contributed by atoms with van der Waals surface area (Å²) in [6.07, 6.45) is -2.59. The van der Waals surface area contributed by atoms with E-state index in [1.165, 1.54) is 23.0 Å². The number of hydrogen-bond donors (Lipinski definition) is 1. The van der Waals surface area contributed by atoms with Crippen LogP contribution < -0.4 is 5.14 Å². The average Bonchev–Trinajstić information content (AvgIpc) is 3.26. The van der Waals surface area contributed by atoms with E-state index in [0.717, 1.165) is 30.5 Å². The topological polar surface area (TPSA) is 124 Å². The van der Waals surface area contributed by atoms with Gasteiger partial charge >= 0.3 is 6.18 Å². The molecular weight excluding hydrogens is 509 g/mol. The molecule has 0 unspecified atom stereocenters. The highest BCUT2D eigenvalue weighted by Gasteiger charge is 2.31. The molecule has 0 radical (unpaired) electrons. The van der Waals surface area contributed by atoms with Gasteiger partial charge in [-0.15, -0.1) is 10.2 Å². The molecule has 198 valence electrons. The molecule has 3 aromatic rings. The number of carbonyl (C=O) groups is 1. The Morgan fingerprint density at radius 2 is 1.76 bits per heavy atom. The number of likely N-dealkylation sites (tertiary alicyclic amines) is 1. The van der Waals surface area contributed by atoms with Crippen LogP contribution in [0.3, 0.4) is 0 Å². The Kier molecular flexibility index (Phi) is 7.64. The number of nitrogens with two attached hydrogens (primary N) is 1. The molecule has 37 heavy (non-hydrogen) atoms. The highest BCUT2D eigenvalue weighted by molar-refractivity contribution is 7.89. The zero-order valence-corrected chi connectivity index (χ0v) is 21.0. The second-order valence-electron chi connectivity index (χ2n) is 9.12.